The van der Waals surface area contributed by atoms with Crippen LogP contribution in [0.1, 0.15) is 11.3 Å². The number of nitrogens with one attached hydrogen (secondary N) is 1. The zero-order chi connectivity index (χ0) is 20.3. The van der Waals surface area contributed by atoms with Gasteiger partial charge in [0.1, 0.15) is 5.76 Å². The first kappa shape index (κ1) is 19.0. The molecule has 6 nitrogen and oxygen atoms in total. The molecule has 1 N–H and O–H groups in total. The molecule has 152 valence electrons. The lowest BCUT2D eigenvalue weighted by molar-refractivity contribution is 0.122. The van der Waals surface area contributed by atoms with Gasteiger partial charge in [0.2, 0.25) is 0 Å². The summed E-state index contributed by atoms with van der Waals surface area (Å²) in [5.41, 5.74) is 5.29. The lowest BCUT2D eigenvalue weighted by atomic mass is 10.2. The maximum atomic E-state index is 5.88. The second-order valence-corrected chi connectivity index (χ2v) is 8.19. The molecule has 0 unspecified atom stereocenters. The number of rotatable bonds is 5. The van der Waals surface area contributed by atoms with Crippen molar-refractivity contribution in [2.24, 2.45) is 4.99 Å². The van der Waals surface area contributed by atoms with E-state index < -0.39 is 0 Å². The van der Waals surface area contributed by atoms with Crippen LogP contribution in [0.15, 0.2) is 74.3 Å². The van der Waals surface area contributed by atoms with Gasteiger partial charge in [0.05, 0.1) is 36.1 Å². The van der Waals surface area contributed by atoms with Crippen molar-refractivity contribution in [2.45, 2.75) is 17.2 Å². The lowest BCUT2D eigenvalue weighted by Gasteiger charge is -2.28. The summed E-state index contributed by atoms with van der Waals surface area (Å²) in [6.07, 6.45) is 1.75. The van der Waals surface area contributed by atoms with Crippen LogP contribution in [0.5, 0.6) is 0 Å². The summed E-state index contributed by atoms with van der Waals surface area (Å²) in [5.74, 6) is 0.710. The first-order chi connectivity index (χ1) is 14.7. The van der Waals surface area contributed by atoms with E-state index in [4.69, 9.17) is 9.15 Å². The molecule has 0 atom stereocenters. The Labute approximate surface area is 179 Å². The number of hydrogen-bond donors (Lipinski definition) is 1. The van der Waals surface area contributed by atoms with E-state index in [9.17, 15) is 0 Å². The largest absolute Gasteiger partial charge is 0.448 e. The van der Waals surface area contributed by atoms with Crippen LogP contribution >= 0.6 is 11.8 Å². The lowest BCUT2D eigenvalue weighted by Crippen LogP contribution is -2.36. The fraction of sp³-hybridized carbons (Fsp3) is 0.217. The van der Waals surface area contributed by atoms with E-state index in [0.717, 1.165) is 53.3 Å². The average molecular weight is 419 g/mol. The van der Waals surface area contributed by atoms with E-state index >= 15 is 0 Å². The topological polar surface area (TPSA) is 66.7 Å². The van der Waals surface area contributed by atoms with E-state index in [1.54, 1.807) is 6.21 Å². The number of anilines is 1. The number of hydrogen-bond acceptors (Lipinski definition) is 6. The molecule has 1 saturated heterocycles. The molecular formula is C23H22N4O2S. The summed E-state index contributed by atoms with van der Waals surface area (Å²) in [6, 6.07) is 18.3. The number of imidazole rings is 1. The van der Waals surface area contributed by atoms with Gasteiger partial charge in [-0.3, -0.25) is 4.99 Å². The monoisotopic (exact) mass is 418 g/mol. The minimum absolute atomic E-state index is 0.710. The van der Waals surface area contributed by atoms with Crippen molar-refractivity contribution in [2.75, 3.05) is 31.2 Å². The van der Waals surface area contributed by atoms with Crippen molar-refractivity contribution >= 4 is 40.4 Å². The van der Waals surface area contributed by atoms with Gasteiger partial charge in [-0.25, -0.2) is 4.98 Å². The van der Waals surface area contributed by atoms with Crippen LogP contribution in [0.2, 0.25) is 0 Å². The third kappa shape index (κ3) is 4.27. The van der Waals surface area contributed by atoms with E-state index in [0.29, 0.717) is 5.76 Å². The molecule has 1 fully saturated rings. The average Bonchev–Trinajstić information content (AvgIpc) is 3.39. The van der Waals surface area contributed by atoms with Crippen molar-refractivity contribution in [1.29, 1.82) is 0 Å². The molecule has 0 amide bonds. The number of benzene rings is 2. The molecule has 1 aliphatic heterocycles. The van der Waals surface area contributed by atoms with Crippen molar-refractivity contribution < 1.29 is 9.15 Å². The Bertz CT molecular complexity index is 1170. The predicted octanol–water partition coefficient (Wildman–Crippen LogP) is 5.20. The van der Waals surface area contributed by atoms with Gasteiger partial charge >= 0.3 is 0 Å². The van der Waals surface area contributed by atoms with Crippen molar-refractivity contribution in [1.82, 2.24) is 9.97 Å². The van der Waals surface area contributed by atoms with Crippen LogP contribution in [0, 0.1) is 6.92 Å². The molecule has 3 heterocycles. The molecule has 0 saturated carbocycles. The standard InChI is InChI=1S/C23H22N4O2S/c1-16-2-8-20-21(14-16)26-23(25-20)30-22-9-7-19(29-22)15-24-17-3-5-18(6-4-17)27-10-12-28-13-11-27/h2-9,14-15H,10-13H2,1H3,(H,25,26). The summed E-state index contributed by atoms with van der Waals surface area (Å²) in [6.45, 7) is 5.50. The highest BCUT2D eigenvalue weighted by atomic mass is 32.2. The number of H-pyrrole nitrogens is 1. The van der Waals surface area contributed by atoms with E-state index in [1.165, 1.54) is 23.0 Å². The summed E-state index contributed by atoms with van der Waals surface area (Å²) in [7, 11) is 0. The molecule has 1 aliphatic rings. The first-order valence-electron chi connectivity index (χ1n) is 9.94. The Morgan fingerprint density at radius 3 is 2.73 bits per heavy atom. The third-order valence-electron chi connectivity index (χ3n) is 4.98. The van der Waals surface area contributed by atoms with E-state index in [1.807, 2.05) is 30.3 Å². The van der Waals surface area contributed by atoms with Crippen LogP contribution < -0.4 is 4.90 Å². The van der Waals surface area contributed by atoms with Gasteiger partial charge < -0.3 is 19.0 Å². The molecule has 5 rings (SSSR count). The van der Waals surface area contributed by atoms with Crippen molar-refractivity contribution in [3.8, 4) is 0 Å². The van der Waals surface area contributed by atoms with Crippen molar-refractivity contribution in [3.63, 3.8) is 0 Å². The van der Waals surface area contributed by atoms with Gasteiger partial charge in [-0.15, -0.1) is 0 Å². The summed E-state index contributed by atoms with van der Waals surface area (Å²) in [4.78, 5) is 14.8. The maximum Gasteiger partial charge on any atom is 0.174 e. The molecule has 0 aliphatic carbocycles. The molecule has 7 heteroatoms. The van der Waals surface area contributed by atoms with Crippen LogP contribution in [0.25, 0.3) is 11.0 Å². The van der Waals surface area contributed by atoms with Gasteiger partial charge in [0, 0.05) is 18.8 Å². The highest BCUT2D eigenvalue weighted by Crippen LogP contribution is 2.29. The maximum absolute atomic E-state index is 5.88. The highest BCUT2D eigenvalue weighted by Gasteiger charge is 2.11. The number of aliphatic imine (C=N–C) groups is 1. The molecule has 4 aromatic rings. The van der Waals surface area contributed by atoms with Gasteiger partial charge in [-0.1, -0.05) is 6.07 Å². The molecule has 0 bridgehead atoms. The number of aromatic nitrogens is 2. The summed E-state index contributed by atoms with van der Waals surface area (Å²) < 4.78 is 11.3. The van der Waals surface area contributed by atoms with Crippen LogP contribution in [0.4, 0.5) is 11.4 Å². The van der Waals surface area contributed by atoms with E-state index in [2.05, 4.69) is 51.0 Å². The number of nitrogens with zero attached hydrogens (tertiary/aromatic N) is 3. The minimum Gasteiger partial charge on any atom is -0.448 e. The number of aryl methyl sites for hydroxylation is 1. The molecule has 0 radical (unpaired) electrons. The van der Waals surface area contributed by atoms with Crippen LogP contribution in [0.3, 0.4) is 0 Å². The van der Waals surface area contributed by atoms with E-state index in [-0.39, 0.29) is 0 Å². The molecule has 2 aromatic heterocycles. The zero-order valence-electron chi connectivity index (χ0n) is 16.7. The van der Waals surface area contributed by atoms with Crippen LogP contribution in [-0.4, -0.2) is 42.5 Å². The number of fused-ring (bicyclic) bond motifs is 1. The Hall–Kier alpha value is -3.03. The fourth-order valence-corrected chi connectivity index (χ4v) is 4.18. The van der Waals surface area contributed by atoms with Gasteiger partial charge in [-0.2, -0.15) is 0 Å². The summed E-state index contributed by atoms with van der Waals surface area (Å²) >= 11 is 1.47. The fourth-order valence-electron chi connectivity index (χ4n) is 3.41. The van der Waals surface area contributed by atoms with Gasteiger partial charge in [-0.05, 0) is 72.8 Å². The van der Waals surface area contributed by atoms with Gasteiger partial charge in [0.25, 0.3) is 0 Å². The second-order valence-electron chi connectivity index (χ2n) is 7.20. The summed E-state index contributed by atoms with van der Waals surface area (Å²) in [5, 5.41) is 1.59. The Morgan fingerprint density at radius 1 is 1.07 bits per heavy atom. The Balaban J connectivity index is 1.24. The third-order valence-corrected chi connectivity index (χ3v) is 5.79. The highest BCUT2D eigenvalue weighted by molar-refractivity contribution is 7.99. The zero-order valence-corrected chi connectivity index (χ0v) is 17.5. The quantitative estimate of drug-likeness (QED) is 0.451. The minimum atomic E-state index is 0.710. The van der Waals surface area contributed by atoms with Gasteiger partial charge in [0.15, 0.2) is 10.2 Å². The SMILES string of the molecule is Cc1ccc2nc(Sc3ccc(C=Nc4ccc(N5CCOCC5)cc4)o3)[nH]c2c1. The normalized spacial score (nSPS) is 14.8. The first-order valence-corrected chi connectivity index (χ1v) is 10.8. The number of ether oxygens (including phenoxy) is 1. The van der Waals surface area contributed by atoms with Crippen LogP contribution in [-0.2, 0) is 4.74 Å². The Morgan fingerprint density at radius 2 is 1.90 bits per heavy atom. The number of morpholine rings is 1. The second kappa shape index (κ2) is 8.38. The predicted molar refractivity (Wildman–Crippen MR) is 120 cm³/mol. The molecule has 0 spiro atoms. The molecular weight excluding hydrogens is 396 g/mol. The molecule has 2 aromatic carbocycles. The van der Waals surface area contributed by atoms with Crippen molar-refractivity contribution in [3.05, 3.63) is 65.9 Å². The molecule has 30 heavy (non-hydrogen) atoms. The smallest absolute Gasteiger partial charge is 0.174 e. The number of furan rings is 1. The number of aromatic amines is 1. The Kier molecular flexibility index (Phi) is 5.29.